The predicted molar refractivity (Wildman–Crippen MR) is 55.2 cm³/mol. The van der Waals surface area contributed by atoms with Crippen molar-refractivity contribution in [2.45, 2.75) is 12.5 Å². The van der Waals surface area contributed by atoms with E-state index in [9.17, 15) is 4.79 Å². The number of benzene rings is 1. The number of carboxylic acids is 1. The van der Waals surface area contributed by atoms with Crippen molar-refractivity contribution in [3.63, 3.8) is 0 Å². The van der Waals surface area contributed by atoms with Crippen molar-refractivity contribution in [2.75, 3.05) is 12.4 Å². The number of nitrogens with two attached hydrogens (primary N) is 1. The van der Waals surface area contributed by atoms with Crippen molar-refractivity contribution in [1.82, 2.24) is 0 Å². The van der Waals surface area contributed by atoms with Crippen LogP contribution in [0.5, 0.6) is 0 Å². The summed E-state index contributed by atoms with van der Waals surface area (Å²) < 4.78 is 0. The van der Waals surface area contributed by atoms with E-state index in [0.717, 1.165) is 11.3 Å². The molecule has 0 amide bonds. The van der Waals surface area contributed by atoms with Crippen LogP contribution in [0.25, 0.3) is 0 Å². The Kier molecular flexibility index (Phi) is 3.48. The van der Waals surface area contributed by atoms with Crippen molar-refractivity contribution in [3.8, 4) is 0 Å². The van der Waals surface area contributed by atoms with Crippen LogP contribution in [-0.4, -0.2) is 18.1 Å². The SMILES string of the molecule is CNc1ccc([C@H](N)CC(=O)O)cc1. The number of nitrogens with one attached hydrogen (secondary N) is 1. The minimum atomic E-state index is -0.879. The number of carbonyl (C=O) groups is 1. The molecule has 0 bridgehead atoms. The number of anilines is 1. The van der Waals surface area contributed by atoms with E-state index < -0.39 is 12.0 Å². The van der Waals surface area contributed by atoms with Crippen molar-refractivity contribution < 1.29 is 9.90 Å². The summed E-state index contributed by atoms with van der Waals surface area (Å²) in [5.74, 6) is -0.879. The summed E-state index contributed by atoms with van der Waals surface area (Å²) in [4.78, 5) is 10.4. The Morgan fingerprint density at radius 2 is 2.07 bits per heavy atom. The highest BCUT2D eigenvalue weighted by atomic mass is 16.4. The lowest BCUT2D eigenvalue weighted by atomic mass is 10.0. The van der Waals surface area contributed by atoms with Gasteiger partial charge >= 0.3 is 5.97 Å². The van der Waals surface area contributed by atoms with E-state index in [1.807, 2.05) is 31.3 Å². The first-order chi connectivity index (χ1) is 6.63. The van der Waals surface area contributed by atoms with Crippen LogP contribution in [0.2, 0.25) is 0 Å². The monoisotopic (exact) mass is 194 g/mol. The van der Waals surface area contributed by atoms with Gasteiger partial charge in [-0.1, -0.05) is 12.1 Å². The lowest BCUT2D eigenvalue weighted by Crippen LogP contribution is -2.14. The molecule has 0 spiro atoms. The lowest BCUT2D eigenvalue weighted by Gasteiger charge is -2.09. The summed E-state index contributed by atoms with van der Waals surface area (Å²) in [5, 5.41) is 11.5. The third-order valence-electron chi connectivity index (χ3n) is 2.02. The fourth-order valence-electron chi connectivity index (χ4n) is 1.20. The topological polar surface area (TPSA) is 75.3 Å². The summed E-state index contributed by atoms with van der Waals surface area (Å²) in [6, 6.07) is 6.98. The number of hydrogen-bond donors (Lipinski definition) is 3. The predicted octanol–water partition coefficient (Wildman–Crippen LogP) is 1.20. The van der Waals surface area contributed by atoms with E-state index in [1.165, 1.54) is 0 Å². The number of rotatable bonds is 4. The van der Waals surface area contributed by atoms with E-state index in [0.29, 0.717) is 0 Å². The maximum atomic E-state index is 10.4. The molecule has 4 heteroatoms. The van der Waals surface area contributed by atoms with Crippen LogP contribution >= 0.6 is 0 Å². The molecule has 76 valence electrons. The zero-order valence-corrected chi connectivity index (χ0v) is 8.03. The van der Waals surface area contributed by atoms with Gasteiger partial charge in [-0.15, -0.1) is 0 Å². The first-order valence-corrected chi connectivity index (χ1v) is 4.38. The molecule has 0 unspecified atom stereocenters. The Balaban J connectivity index is 2.71. The molecule has 14 heavy (non-hydrogen) atoms. The highest BCUT2D eigenvalue weighted by molar-refractivity contribution is 5.68. The average Bonchev–Trinajstić information content (AvgIpc) is 2.17. The number of carboxylic acid groups (broad SMARTS) is 1. The van der Waals surface area contributed by atoms with Crippen molar-refractivity contribution in [1.29, 1.82) is 0 Å². The third-order valence-corrected chi connectivity index (χ3v) is 2.02. The van der Waals surface area contributed by atoms with Crippen LogP contribution in [0.3, 0.4) is 0 Å². The fourth-order valence-corrected chi connectivity index (χ4v) is 1.20. The molecule has 0 radical (unpaired) electrons. The molecule has 1 rings (SSSR count). The first-order valence-electron chi connectivity index (χ1n) is 4.38. The molecule has 1 aromatic rings. The number of aliphatic carboxylic acids is 1. The highest BCUT2D eigenvalue weighted by Crippen LogP contribution is 2.16. The second-order valence-electron chi connectivity index (χ2n) is 3.08. The van der Waals surface area contributed by atoms with Crippen LogP contribution in [0, 0.1) is 0 Å². The van der Waals surface area contributed by atoms with Gasteiger partial charge in [0.15, 0.2) is 0 Å². The van der Waals surface area contributed by atoms with Crippen LogP contribution < -0.4 is 11.1 Å². The van der Waals surface area contributed by atoms with E-state index in [2.05, 4.69) is 5.32 Å². The molecule has 0 saturated carbocycles. The standard InChI is InChI=1S/C10H14N2O2/c1-12-8-4-2-7(3-5-8)9(11)6-10(13)14/h2-5,9,12H,6,11H2,1H3,(H,13,14)/t9-/m1/s1. The van der Waals surface area contributed by atoms with Crippen LogP contribution in [0.1, 0.15) is 18.0 Å². The molecule has 0 aromatic heterocycles. The van der Waals surface area contributed by atoms with Crippen molar-refractivity contribution >= 4 is 11.7 Å². The van der Waals surface area contributed by atoms with E-state index in [-0.39, 0.29) is 6.42 Å². The average molecular weight is 194 g/mol. The lowest BCUT2D eigenvalue weighted by molar-refractivity contribution is -0.137. The summed E-state index contributed by atoms with van der Waals surface area (Å²) >= 11 is 0. The molecular weight excluding hydrogens is 180 g/mol. The summed E-state index contributed by atoms with van der Waals surface area (Å²) in [5.41, 5.74) is 7.51. The minimum Gasteiger partial charge on any atom is -0.481 e. The van der Waals surface area contributed by atoms with Gasteiger partial charge in [-0.3, -0.25) is 4.79 Å². The second kappa shape index (κ2) is 4.62. The van der Waals surface area contributed by atoms with Crippen LogP contribution in [0.15, 0.2) is 24.3 Å². The largest absolute Gasteiger partial charge is 0.481 e. The van der Waals surface area contributed by atoms with Gasteiger partial charge in [0, 0.05) is 18.8 Å². The van der Waals surface area contributed by atoms with Gasteiger partial charge in [0.05, 0.1) is 6.42 Å². The van der Waals surface area contributed by atoms with Gasteiger partial charge in [0.1, 0.15) is 0 Å². The van der Waals surface area contributed by atoms with Gasteiger partial charge in [-0.2, -0.15) is 0 Å². The van der Waals surface area contributed by atoms with Gasteiger partial charge < -0.3 is 16.2 Å². The molecule has 0 heterocycles. The Labute approximate surface area is 82.7 Å². The molecule has 1 aromatic carbocycles. The van der Waals surface area contributed by atoms with Gasteiger partial charge in [0.25, 0.3) is 0 Å². The van der Waals surface area contributed by atoms with Crippen LogP contribution in [0.4, 0.5) is 5.69 Å². The molecule has 0 fully saturated rings. The van der Waals surface area contributed by atoms with Gasteiger partial charge in [-0.25, -0.2) is 0 Å². The first kappa shape index (κ1) is 10.5. The normalized spacial score (nSPS) is 12.1. The summed E-state index contributed by atoms with van der Waals surface area (Å²) in [7, 11) is 1.83. The van der Waals surface area contributed by atoms with Gasteiger partial charge in [-0.05, 0) is 17.7 Å². The fraction of sp³-hybridized carbons (Fsp3) is 0.300. The molecule has 0 aliphatic heterocycles. The quantitative estimate of drug-likeness (QED) is 0.673. The molecule has 0 saturated heterocycles. The Bertz CT molecular complexity index is 308. The molecule has 1 atom stereocenters. The number of hydrogen-bond acceptors (Lipinski definition) is 3. The summed E-state index contributed by atoms with van der Waals surface area (Å²) in [6.45, 7) is 0. The van der Waals surface area contributed by atoms with Crippen molar-refractivity contribution in [2.24, 2.45) is 5.73 Å². The second-order valence-corrected chi connectivity index (χ2v) is 3.08. The van der Waals surface area contributed by atoms with E-state index in [1.54, 1.807) is 0 Å². The van der Waals surface area contributed by atoms with Gasteiger partial charge in [0.2, 0.25) is 0 Å². The summed E-state index contributed by atoms with van der Waals surface area (Å²) in [6.07, 6.45) is -0.0428. The Morgan fingerprint density at radius 3 is 2.50 bits per heavy atom. The zero-order valence-electron chi connectivity index (χ0n) is 8.03. The molecular formula is C10H14N2O2. The molecule has 0 aliphatic rings. The molecule has 4 N–H and O–H groups in total. The van der Waals surface area contributed by atoms with Crippen molar-refractivity contribution in [3.05, 3.63) is 29.8 Å². The smallest absolute Gasteiger partial charge is 0.305 e. The third kappa shape index (κ3) is 2.74. The maximum Gasteiger partial charge on any atom is 0.305 e. The highest BCUT2D eigenvalue weighted by Gasteiger charge is 2.09. The van der Waals surface area contributed by atoms with E-state index in [4.69, 9.17) is 10.8 Å². The molecule has 4 nitrogen and oxygen atoms in total. The minimum absolute atomic E-state index is 0.0428. The zero-order chi connectivity index (χ0) is 10.6. The maximum absolute atomic E-state index is 10.4. The van der Waals surface area contributed by atoms with E-state index >= 15 is 0 Å². The molecule has 0 aliphatic carbocycles. The van der Waals surface area contributed by atoms with Crippen LogP contribution in [-0.2, 0) is 4.79 Å². The Hall–Kier alpha value is -1.55. The Morgan fingerprint density at radius 1 is 1.50 bits per heavy atom.